The first-order chi connectivity index (χ1) is 12.7. The van der Waals surface area contributed by atoms with Crippen LogP contribution in [0.25, 0.3) is 10.9 Å². The number of carbonyl (C=O) groups excluding carboxylic acids is 2. The van der Waals surface area contributed by atoms with Crippen LogP contribution in [-0.2, 0) is 20.3 Å². The second kappa shape index (κ2) is 7.36. The Balaban J connectivity index is 1.71. The normalized spacial score (nSPS) is 12.7. The standard InChI is InChI=1S/C20H19NO5S/c1-13(19(22)17-11-21-18-6-4-3-5-16(17)18)26-20(23)15-9-7-14(8-10-15)12-27(2,24)25/h3-11,13,21H,12H2,1-2H3/t13-/m0/s1. The molecule has 0 radical (unpaired) electrons. The zero-order valence-electron chi connectivity index (χ0n) is 14.9. The van der Waals surface area contributed by atoms with Crippen LogP contribution in [-0.4, -0.2) is 37.5 Å². The van der Waals surface area contributed by atoms with Crippen LogP contribution >= 0.6 is 0 Å². The predicted octanol–water partition coefficient (Wildman–Crippen LogP) is 3.14. The lowest BCUT2D eigenvalue weighted by molar-refractivity contribution is 0.0319. The lowest BCUT2D eigenvalue weighted by Gasteiger charge is -2.12. The molecule has 0 amide bonds. The van der Waals surface area contributed by atoms with E-state index in [1.54, 1.807) is 18.3 Å². The van der Waals surface area contributed by atoms with Gasteiger partial charge < -0.3 is 9.72 Å². The van der Waals surface area contributed by atoms with Gasteiger partial charge in [0.1, 0.15) is 0 Å². The van der Waals surface area contributed by atoms with Crippen molar-refractivity contribution in [1.82, 2.24) is 4.98 Å². The van der Waals surface area contributed by atoms with Gasteiger partial charge in [0.05, 0.1) is 11.3 Å². The number of benzene rings is 2. The van der Waals surface area contributed by atoms with Crippen molar-refractivity contribution in [3.8, 4) is 0 Å². The Morgan fingerprint density at radius 3 is 2.41 bits per heavy atom. The maximum absolute atomic E-state index is 12.6. The predicted molar refractivity (Wildman–Crippen MR) is 102 cm³/mol. The van der Waals surface area contributed by atoms with Gasteiger partial charge in [-0.05, 0) is 30.7 Å². The highest BCUT2D eigenvalue weighted by atomic mass is 32.2. The smallest absolute Gasteiger partial charge is 0.338 e. The van der Waals surface area contributed by atoms with Gasteiger partial charge in [0, 0.05) is 28.9 Å². The van der Waals surface area contributed by atoms with Gasteiger partial charge in [-0.15, -0.1) is 0 Å². The van der Waals surface area contributed by atoms with Gasteiger partial charge in [-0.2, -0.15) is 0 Å². The maximum atomic E-state index is 12.6. The average Bonchev–Trinajstić information content (AvgIpc) is 3.04. The minimum Gasteiger partial charge on any atom is -0.451 e. The Labute approximate surface area is 157 Å². The zero-order chi connectivity index (χ0) is 19.6. The molecule has 27 heavy (non-hydrogen) atoms. The third kappa shape index (κ3) is 4.43. The van der Waals surface area contributed by atoms with E-state index in [9.17, 15) is 18.0 Å². The van der Waals surface area contributed by atoms with Crippen molar-refractivity contribution < 1.29 is 22.7 Å². The number of aromatic amines is 1. The molecule has 0 bridgehead atoms. The van der Waals surface area contributed by atoms with E-state index in [0.717, 1.165) is 17.2 Å². The quantitative estimate of drug-likeness (QED) is 0.520. The summed E-state index contributed by atoms with van der Waals surface area (Å²) in [6.45, 7) is 1.53. The van der Waals surface area contributed by atoms with Crippen LogP contribution in [0.3, 0.4) is 0 Å². The SMILES string of the molecule is C[C@H](OC(=O)c1ccc(CS(C)(=O)=O)cc1)C(=O)c1c[nH]c2ccccc12. The van der Waals surface area contributed by atoms with Crippen molar-refractivity contribution in [2.45, 2.75) is 18.8 Å². The molecule has 0 saturated carbocycles. The fraction of sp³-hybridized carbons (Fsp3) is 0.200. The summed E-state index contributed by atoms with van der Waals surface area (Å²) >= 11 is 0. The number of sulfone groups is 1. The molecule has 0 aliphatic carbocycles. The van der Waals surface area contributed by atoms with E-state index in [-0.39, 0.29) is 17.1 Å². The maximum Gasteiger partial charge on any atom is 0.338 e. The third-order valence-corrected chi connectivity index (χ3v) is 4.98. The fourth-order valence-electron chi connectivity index (χ4n) is 2.82. The van der Waals surface area contributed by atoms with Crippen molar-refractivity contribution in [3.63, 3.8) is 0 Å². The largest absolute Gasteiger partial charge is 0.451 e. The molecule has 7 heteroatoms. The molecule has 0 aliphatic rings. The molecule has 3 aromatic rings. The van der Waals surface area contributed by atoms with Gasteiger partial charge in [0.2, 0.25) is 5.78 Å². The van der Waals surface area contributed by atoms with Gasteiger partial charge >= 0.3 is 5.97 Å². The van der Waals surface area contributed by atoms with Crippen molar-refractivity contribution in [2.75, 3.05) is 6.26 Å². The number of fused-ring (bicyclic) bond motifs is 1. The molecular weight excluding hydrogens is 366 g/mol. The van der Waals surface area contributed by atoms with Crippen molar-refractivity contribution >= 4 is 32.5 Å². The van der Waals surface area contributed by atoms with Gasteiger partial charge in [0.15, 0.2) is 15.9 Å². The van der Waals surface area contributed by atoms with Gasteiger partial charge in [-0.1, -0.05) is 30.3 Å². The summed E-state index contributed by atoms with van der Waals surface area (Å²) in [6.07, 6.45) is 1.80. The Kier molecular flexibility index (Phi) is 5.14. The van der Waals surface area contributed by atoms with E-state index in [2.05, 4.69) is 4.98 Å². The third-order valence-electron chi connectivity index (χ3n) is 4.13. The number of H-pyrrole nitrogens is 1. The second-order valence-electron chi connectivity index (χ2n) is 6.43. The highest BCUT2D eigenvalue weighted by Gasteiger charge is 2.23. The summed E-state index contributed by atoms with van der Waals surface area (Å²) < 4.78 is 27.9. The molecule has 1 atom stereocenters. The molecule has 1 N–H and O–H groups in total. The number of hydrogen-bond acceptors (Lipinski definition) is 5. The Morgan fingerprint density at radius 2 is 1.74 bits per heavy atom. The van der Waals surface area contributed by atoms with E-state index in [1.165, 1.54) is 19.1 Å². The molecule has 1 heterocycles. The highest BCUT2D eigenvalue weighted by Crippen LogP contribution is 2.20. The zero-order valence-corrected chi connectivity index (χ0v) is 15.7. The van der Waals surface area contributed by atoms with E-state index >= 15 is 0 Å². The number of ether oxygens (including phenoxy) is 1. The number of aromatic nitrogens is 1. The number of nitrogens with one attached hydrogen (secondary N) is 1. The molecule has 3 rings (SSSR count). The van der Waals surface area contributed by atoms with Crippen molar-refractivity contribution in [1.29, 1.82) is 0 Å². The summed E-state index contributed by atoms with van der Waals surface area (Å²) in [4.78, 5) is 27.9. The van der Waals surface area contributed by atoms with Crippen LogP contribution in [0.1, 0.15) is 33.2 Å². The summed E-state index contributed by atoms with van der Waals surface area (Å²) in [5.41, 5.74) is 2.14. The van der Waals surface area contributed by atoms with Crippen LogP contribution in [0.4, 0.5) is 0 Å². The van der Waals surface area contributed by atoms with Crippen LogP contribution in [0.15, 0.2) is 54.7 Å². The van der Waals surface area contributed by atoms with Crippen LogP contribution in [0, 0.1) is 0 Å². The van der Waals surface area contributed by atoms with E-state index in [0.29, 0.717) is 11.1 Å². The van der Waals surface area contributed by atoms with E-state index < -0.39 is 21.9 Å². The number of carbonyl (C=O) groups is 2. The van der Waals surface area contributed by atoms with Crippen LogP contribution in [0.2, 0.25) is 0 Å². The molecule has 0 fully saturated rings. The summed E-state index contributed by atoms with van der Waals surface area (Å²) in [5.74, 6) is -1.03. The molecule has 140 valence electrons. The highest BCUT2D eigenvalue weighted by molar-refractivity contribution is 7.89. The molecule has 0 spiro atoms. The van der Waals surface area contributed by atoms with Crippen molar-refractivity contribution in [2.24, 2.45) is 0 Å². The number of Topliss-reactive ketones (excluding diaryl/α,β-unsaturated/α-hetero) is 1. The summed E-state index contributed by atoms with van der Waals surface area (Å²) in [5, 5.41) is 0.774. The topological polar surface area (TPSA) is 93.3 Å². The lowest BCUT2D eigenvalue weighted by Crippen LogP contribution is -2.24. The number of hydrogen-bond donors (Lipinski definition) is 1. The second-order valence-corrected chi connectivity index (χ2v) is 8.57. The number of para-hydroxylation sites is 1. The molecule has 6 nitrogen and oxygen atoms in total. The minimum atomic E-state index is -3.15. The Bertz CT molecular complexity index is 1100. The molecule has 0 unspecified atom stereocenters. The number of rotatable bonds is 6. The molecule has 0 aliphatic heterocycles. The number of esters is 1. The first kappa shape index (κ1) is 18.8. The Morgan fingerprint density at radius 1 is 1.07 bits per heavy atom. The Hall–Kier alpha value is -2.93. The van der Waals surface area contributed by atoms with E-state index in [1.807, 2.05) is 24.3 Å². The fourth-order valence-corrected chi connectivity index (χ4v) is 3.61. The molecule has 0 saturated heterocycles. The van der Waals surface area contributed by atoms with Crippen molar-refractivity contribution in [3.05, 3.63) is 71.4 Å². The van der Waals surface area contributed by atoms with Gasteiger partial charge in [-0.3, -0.25) is 4.79 Å². The van der Waals surface area contributed by atoms with E-state index in [4.69, 9.17) is 4.74 Å². The van der Waals surface area contributed by atoms with Gasteiger partial charge in [-0.25, -0.2) is 13.2 Å². The van der Waals surface area contributed by atoms with Crippen LogP contribution < -0.4 is 0 Å². The average molecular weight is 385 g/mol. The molecular formula is C20H19NO5S. The molecule has 2 aromatic carbocycles. The van der Waals surface area contributed by atoms with Gasteiger partial charge in [0.25, 0.3) is 0 Å². The summed E-state index contributed by atoms with van der Waals surface area (Å²) in [6, 6.07) is 13.5. The first-order valence-electron chi connectivity index (χ1n) is 8.32. The monoisotopic (exact) mass is 385 g/mol. The minimum absolute atomic E-state index is 0.0994. The molecule has 1 aromatic heterocycles. The first-order valence-corrected chi connectivity index (χ1v) is 10.4. The number of ketones is 1. The van der Waals surface area contributed by atoms with Crippen LogP contribution in [0.5, 0.6) is 0 Å². The summed E-state index contributed by atoms with van der Waals surface area (Å²) in [7, 11) is -3.15. The lowest BCUT2D eigenvalue weighted by atomic mass is 10.1.